The molecule has 2 atom stereocenters. The lowest BCUT2D eigenvalue weighted by molar-refractivity contribution is 0.149. The molecule has 0 unspecified atom stereocenters. The third-order valence-corrected chi connectivity index (χ3v) is 4.79. The van der Waals surface area contributed by atoms with Gasteiger partial charge in [0, 0.05) is 6.04 Å². The van der Waals surface area contributed by atoms with Crippen molar-refractivity contribution in [2.24, 2.45) is 0 Å². The number of aliphatic hydroxyl groups is 1. The number of nitrogens with zero attached hydrogens (tertiary/aromatic N) is 5. The lowest BCUT2D eigenvalue weighted by Gasteiger charge is -2.27. The van der Waals surface area contributed by atoms with E-state index < -0.39 is 0 Å². The molecule has 0 amide bonds. The van der Waals surface area contributed by atoms with Crippen LogP contribution in [-0.2, 0) is 0 Å². The molecule has 1 N–H and O–H groups in total. The second-order valence-corrected chi connectivity index (χ2v) is 5.87. The molecule has 1 aromatic rings. The number of hydrogen-bond acceptors (Lipinski definition) is 5. The van der Waals surface area contributed by atoms with E-state index in [1.54, 1.807) is 0 Å². The zero-order valence-corrected chi connectivity index (χ0v) is 11.6. The van der Waals surface area contributed by atoms with E-state index in [9.17, 15) is 5.11 Å². The van der Waals surface area contributed by atoms with Crippen LogP contribution in [-0.4, -0.2) is 49.9 Å². The van der Waals surface area contributed by atoms with Gasteiger partial charge in [0.05, 0.1) is 18.7 Å². The average molecular weight is 265 g/mol. The summed E-state index contributed by atoms with van der Waals surface area (Å²) in [5.41, 5.74) is 0. The van der Waals surface area contributed by atoms with Crippen LogP contribution in [0.5, 0.6) is 0 Å². The van der Waals surface area contributed by atoms with Crippen molar-refractivity contribution in [1.82, 2.24) is 25.1 Å². The lowest BCUT2D eigenvalue weighted by Crippen LogP contribution is -2.32. The molecule has 3 rings (SSSR count). The molecule has 2 aliphatic rings. The van der Waals surface area contributed by atoms with Gasteiger partial charge in [-0.1, -0.05) is 19.3 Å². The van der Waals surface area contributed by atoms with Crippen LogP contribution in [0.4, 0.5) is 0 Å². The smallest absolute Gasteiger partial charge is 0.168 e. The van der Waals surface area contributed by atoms with Crippen molar-refractivity contribution in [2.45, 2.75) is 63.1 Å². The van der Waals surface area contributed by atoms with E-state index >= 15 is 0 Å². The first-order chi connectivity index (χ1) is 9.31. The Morgan fingerprint density at radius 1 is 1.16 bits per heavy atom. The second kappa shape index (κ2) is 5.54. The van der Waals surface area contributed by atoms with E-state index in [1.807, 2.05) is 0 Å². The number of tetrazole rings is 1. The number of rotatable bonds is 3. The highest BCUT2D eigenvalue weighted by Crippen LogP contribution is 2.36. The minimum absolute atomic E-state index is 0.220. The monoisotopic (exact) mass is 265 g/mol. The molecule has 19 heavy (non-hydrogen) atoms. The van der Waals surface area contributed by atoms with Crippen molar-refractivity contribution in [3.63, 3.8) is 0 Å². The number of hydrogen-bond donors (Lipinski definition) is 1. The quantitative estimate of drug-likeness (QED) is 0.892. The highest BCUT2D eigenvalue weighted by Gasteiger charge is 2.35. The summed E-state index contributed by atoms with van der Waals surface area (Å²) in [5, 5.41) is 21.8. The molecule has 0 bridgehead atoms. The standard InChI is InChI=1S/C13H23N5O/c1-17-11(9-19)7-8-12(17)13-14-15-16-18(13)10-5-3-2-4-6-10/h10-12,19H,2-9H2,1H3/t11-,12+/m0/s1. The first-order valence-corrected chi connectivity index (χ1v) is 7.42. The van der Waals surface area contributed by atoms with E-state index in [1.165, 1.54) is 32.1 Å². The van der Waals surface area contributed by atoms with Crippen LogP contribution in [0.25, 0.3) is 0 Å². The molecule has 0 aromatic carbocycles. The van der Waals surface area contributed by atoms with E-state index in [2.05, 4.69) is 32.2 Å². The molecule has 1 saturated carbocycles. The van der Waals surface area contributed by atoms with Crippen molar-refractivity contribution in [2.75, 3.05) is 13.7 Å². The summed E-state index contributed by atoms with van der Waals surface area (Å²) in [6.07, 6.45) is 8.34. The molecule has 6 nitrogen and oxygen atoms in total. The Kier molecular flexibility index (Phi) is 3.79. The minimum Gasteiger partial charge on any atom is -0.395 e. The third kappa shape index (κ3) is 2.39. The number of aromatic nitrogens is 4. The number of likely N-dealkylation sites (tertiary alicyclic amines) is 1. The summed E-state index contributed by atoms with van der Waals surface area (Å²) in [4.78, 5) is 2.23. The Bertz CT molecular complexity index is 415. The third-order valence-electron chi connectivity index (χ3n) is 4.79. The maximum Gasteiger partial charge on any atom is 0.168 e. The van der Waals surface area contributed by atoms with Crippen LogP contribution in [0.2, 0.25) is 0 Å². The van der Waals surface area contributed by atoms with E-state index in [0.29, 0.717) is 6.04 Å². The lowest BCUT2D eigenvalue weighted by atomic mass is 9.95. The molecule has 1 aliphatic heterocycles. The summed E-state index contributed by atoms with van der Waals surface area (Å²) < 4.78 is 2.06. The van der Waals surface area contributed by atoms with Gasteiger partial charge in [0.25, 0.3) is 0 Å². The Morgan fingerprint density at radius 3 is 2.63 bits per heavy atom. The molecule has 0 spiro atoms. The van der Waals surface area contributed by atoms with Gasteiger partial charge in [-0.05, 0) is 43.2 Å². The van der Waals surface area contributed by atoms with Gasteiger partial charge in [0.2, 0.25) is 0 Å². The minimum atomic E-state index is 0.220. The summed E-state index contributed by atoms with van der Waals surface area (Å²) >= 11 is 0. The molecule has 106 valence electrons. The second-order valence-electron chi connectivity index (χ2n) is 5.87. The Balaban J connectivity index is 1.80. The van der Waals surface area contributed by atoms with E-state index in [4.69, 9.17) is 0 Å². The van der Waals surface area contributed by atoms with Gasteiger partial charge in [-0.3, -0.25) is 4.90 Å². The first-order valence-electron chi connectivity index (χ1n) is 7.42. The van der Waals surface area contributed by atoms with Gasteiger partial charge in [0.1, 0.15) is 0 Å². The van der Waals surface area contributed by atoms with Gasteiger partial charge in [0.15, 0.2) is 5.82 Å². The Hall–Kier alpha value is -1.01. The number of likely N-dealkylation sites (N-methyl/N-ethyl adjacent to an activating group) is 1. The van der Waals surface area contributed by atoms with Gasteiger partial charge in [-0.2, -0.15) is 0 Å². The van der Waals surface area contributed by atoms with E-state index in [-0.39, 0.29) is 18.7 Å². The van der Waals surface area contributed by atoms with Crippen molar-refractivity contribution in [3.8, 4) is 0 Å². The highest BCUT2D eigenvalue weighted by atomic mass is 16.3. The molecule has 2 fully saturated rings. The predicted octanol–water partition coefficient (Wildman–Crippen LogP) is 1.31. The van der Waals surface area contributed by atoms with Gasteiger partial charge in [-0.25, -0.2) is 4.68 Å². The fourth-order valence-electron chi connectivity index (χ4n) is 3.55. The van der Waals surface area contributed by atoms with Crippen LogP contribution in [0.1, 0.15) is 62.9 Å². The first kappa shape index (κ1) is 13.0. The molecule has 1 aliphatic carbocycles. The molecule has 1 saturated heterocycles. The van der Waals surface area contributed by atoms with E-state index in [0.717, 1.165) is 18.7 Å². The summed E-state index contributed by atoms with van der Waals surface area (Å²) in [6.45, 7) is 0.220. The van der Waals surface area contributed by atoms with Crippen LogP contribution < -0.4 is 0 Å². The van der Waals surface area contributed by atoms with Gasteiger partial charge in [-0.15, -0.1) is 5.10 Å². The largest absolute Gasteiger partial charge is 0.395 e. The Labute approximate surface area is 113 Å². The van der Waals surface area contributed by atoms with Gasteiger partial charge < -0.3 is 5.11 Å². The topological polar surface area (TPSA) is 67.1 Å². The zero-order valence-electron chi connectivity index (χ0n) is 11.6. The summed E-state index contributed by atoms with van der Waals surface area (Å²) in [7, 11) is 2.07. The van der Waals surface area contributed by atoms with Crippen LogP contribution >= 0.6 is 0 Å². The fraction of sp³-hybridized carbons (Fsp3) is 0.923. The van der Waals surface area contributed by atoms with Crippen molar-refractivity contribution in [1.29, 1.82) is 0 Å². The average Bonchev–Trinajstić information content (AvgIpc) is 3.05. The normalized spacial score (nSPS) is 30.0. The summed E-state index contributed by atoms with van der Waals surface area (Å²) in [6, 6.07) is 0.982. The summed E-state index contributed by atoms with van der Waals surface area (Å²) in [5.74, 6) is 0.991. The predicted molar refractivity (Wildman–Crippen MR) is 70.6 cm³/mol. The maximum atomic E-state index is 9.37. The fourth-order valence-corrected chi connectivity index (χ4v) is 3.55. The molecule has 1 aromatic heterocycles. The SMILES string of the molecule is CN1[C@H](CO)CC[C@@H]1c1nnnn1C1CCCCC1. The van der Waals surface area contributed by atoms with Crippen LogP contribution in [0.3, 0.4) is 0 Å². The van der Waals surface area contributed by atoms with Crippen molar-refractivity contribution < 1.29 is 5.11 Å². The van der Waals surface area contributed by atoms with Crippen LogP contribution in [0, 0.1) is 0 Å². The molecule has 6 heteroatoms. The molecular weight excluding hydrogens is 242 g/mol. The van der Waals surface area contributed by atoms with Crippen LogP contribution in [0.15, 0.2) is 0 Å². The highest BCUT2D eigenvalue weighted by molar-refractivity contribution is 5.00. The molecular formula is C13H23N5O. The van der Waals surface area contributed by atoms with Gasteiger partial charge >= 0.3 is 0 Å². The van der Waals surface area contributed by atoms with Crippen molar-refractivity contribution >= 4 is 0 Å². The van der Waals surface area contributed by atoms with Crippen molar-refractivity contribution in [3.05, 3.63) is 5.82 Å². The molecule has 2 heterocycles. The Morgan fingerprint density at radius 2 is 1.95 bits per heavy atom. The molecule has 0 radical (unpaired) electrons. The zero-order chi connectivity index (χ0) is 13.2. The number of aliphatic hydroxyl groups excluding tert-OH is 1. The maximum absolute atomic E-state index is 9.37.